The van der Waals surface area contributed by atoms with Gasteiger partial charge in [0.05, 0.1) is 19.3 Å². The highest BCUT2D eigenvalue weighted by molar-refractivity contribution is 5.66. The predicted octanol–water partition coefficient (Wildman–Crippen LogP) is 3.81. The van der Waals surface area contributed by atoms with Crippen molar-refractivity contribution in [3.63, 3.8) is 0 Å². The lowest BCUT2D eigenvalue weighted by atomic mass is 10.1. The molecule has 0 bridgehead atoms. The van der Waals surface area contributed by atoms with Gasteiger partial charge in [-0.2, -0.15) is 0 Å². The summed E-state index contributed by atoms with van der Waals surface area (Å²) in [6, 6.07) is 16.7. The Balaban J connectivity index is 1.39. The first-order valence-corrected chi connectivity index (χ1v) is 9.05. The molecule has 2 aromatic carbocycles. The molecule has 6 heteroatoms. The monoisotopic (exact) mass is 367 g/mol. The lowest BCUT2D eigenvalue weighted by molar-refractivity contribution is 0.219. The Kier molecular flexibility index (Phi) is 5.07. The van der Waals surface area contributed by atoms with Gasteiger partial charge in [-0.3, -0.25) is 4.90 Å². The van der Waals surface area contributed by atoms with Gasteiger partial charge in [0.25, 0.3) is 0 Å². The maximum absolute atomic E-state index is 14.0. The van der Waals surface area contributed by atoms with Crippen LogP contribution in [0.2, 0.25) is 0 Å². The van der Waals surface area contributed by atoms with Crippen LogP contribution in [-0.2, 0) is 6.54 Å². The molecule has 1 fully saturated rings. The number of rotatable bonds is 5. The summed E-state index contributed by atoms with van der Waals surface area (Å²) in [5.74, 6) is 1.42. The van der Waals surface area contributed by atoms with Crippen LogP contribution in [0.1, 0.15) is 5.76 Å². The number of halogens is 1. The second-order valence-electron chi connectivity index (χ2n) is 6.59. The number of ether oxygens (including phenoxy) is 1. The Morgan fingerprint density at radius 3 is 2.56 bits per heavy atom. The van der Waals surface area contributed by atoms with Crippen LogP contribution in [0.25, 0.3) is 11.3 Å². The zero-order valence-electron chi connectivity index (χ0n) is 15.3. The number of para-hydroxylation sites is 2. The molecule has 0 aliphatic carbocycles. The summed E-state index contributed by atoms with van der Waals surface area (Å²) in [4.78, 5) is 4.39. The minimum atomic E-state index is -0.164. The van der Waals surface area contributed by atoms with Crippen molar-refractivity contribution in [3.8, 4) is 17.0 Å². The van der Waals surface area contributed by atoms with Crippen molar-refractivity contribution in [1.82, 2.24) is 10.1 Å². The van der Waals surface area contributed by atoms with Crippen LogP contribution in [0.4, 0.5) is 10.1 Å². The molecule has 0 spiro atoms. The molecular weight excluding hydrogens is 345 g/mol. The highest BCUT2D eigenvalue weighted by atomic mass is 19.1. The van der Waals surface area contributed by atoms with Gasteiger partial charge in [0.1, 0.15) is 17.3 Å². The SMILES string of the molecule is COc1ccccc1-c1cc(CN2CCN(c3ccccc3F)CC2)on1. The Morgan fingerprint density at radius 2 is 1.78 bits per heavy atom. The predicted molar refractivity (Wildman–Crippen MR) is 102 cm³/mol. The molecule has 1 aromatic heterocycles. The van der Waals surface area contributed by atoms with Crippen molar-refractivity contribution in [1.29, 1.82) is 0 Å². The summed E-state index contributed by atoms with van der Waals surface area (Å²) in [5, 5.41) is 4.19. The number of piperazine rings is 1. The summed E-state index contributed by atoms with van der Waals surface area (Å²) in [7, 11) is 1.65. The molecule has 1 aliphatic rings. The van der Waals surface area contributed by atoms with E-state index in [0.29, 0.717) is 12.2 Å². The van der Waals surface area contributed by atoms with Crippen molar-refractivity contribution < 1.29 is 13.7 Å². The Bertz CT molecular complexity index is 904. The first kappa shape index (κ1) is 17.5. The molecular formula is C21H22FN3O2. The van der Waals surface area contributed by atoms with Crippen LogP contribution in [0.3, 0.4) is 0 Å². The molecule has 0 atom stereocenters. The zero-order chi connectivity index (χ0) is 18.6. The Labute approximate surface area is 157 Å². The third-order valence-electron chi connectivity index (χ3n) is 4.89. The third-order valence-corrected chi connectivity index (χ3v) is 4.89. The second-order valence-corrected chi connectivity index (χ2v) is 6.59. The van der Waals surface area contributed by atoms with Crippen LogP contribution in [0.15, 0.2) is 59.1 Å². The molecule has 27 heavy (non-hydrogen) atoms. The van der Waals surface area contributed by atoms with E-state index >= 15 is 0 Å². The van der Waals surface area contributed by atoms with Crippen LogP contribution in [0.5, 0.6) is 5.75 Å². The molecule has 0 N–H and O–H groups in total. The molecule has 0 saturated carbocycles. The van der Waals surface area contributed by atoms with Crippen molar-refractivity contribution in [2.75, 3.05) is 38.2 Å². The Morgan fingerprint density at radius 1 is 1.04 bits per heavy atom. The van der Waals surface area contributed by atoms with Crippen LogP contribution in [0, 0.1) is 5.82 Å². The van der Waals surface area contributed by atoms with Crippen molar-refractivity contribution in [2.24, 2.45) is 0 Å². The maximum Gasteiger partial charge on any atom is 0.151 e. The summed E-state index contributed by atoms with van der Waals surface area (Å²) in [6.07, 6.45) is 0. The molecule has 1 saturated heterocycles. The summed E-state index contributed by atoms with van der Waals surface area (Å²) < 4.78 is 24.9. The van der Waals surface area contributed by atoms with Gasteiger partial charge in [-0.15, -0.1) is 0 Å². The number of benzene rings is 2. The highest BCUT2D eigenvalue weighted by Gasteiger charge is 2.21. The zero-order valence-corrected chi connectivity index (χ0v) is 15.3. The normalized spacial score (nSPS) is 15.1. The van der Waals surface area contributed by atoms with E-state index in [4.69, 9.17) is 9.26 Å². The smallest absolute Gasteiger partial charge is 0.151 e. The molecule has 4 rings (SSSR count). The quantitative estimate of drug-likeness (QED) is 0.686. The van der Waals surface area contributed by atoms with E-state index in [1.165, 1.54) is 6.07 Å². The molecule has 1 aliphatic heterocycles. The van der Waals surface area contributed by atoms with E-state index in [2.05, 4.69) is 15.0 Å². The molecule has 140 valence electrons. The van der Waals surface area contributed by atoms with Crippen molar-refractivity contribution in [3.05, 3.63) is 66.2 Å². The van der Waals surface area contributed by atoms with Gasteiger partial charge in [-0.05, 0) is 24.3 Å². The number of hydrogen-bond acceptors (Lipinski definition) is 5. The third kappa shape index (κ3) is 3.80. The first-order chi connectivity index (χ1) is 13.2. The number of aromatic nitrogens is 1. The van der Waals surface area contributed by atoms with Gasteiger partial charge in [0.2, 0.25) is 0 Å². The molecule has 0 unspecified atom stereocenters. The minimum Gasteiger partial charge on any atom is -0.496 e. The first-order valence-electron chi connectivity index (χ1n) is 9.05. The fourth-order valence-corrected chi connectivity index (χ4v) is 3.45. The number of hydrogen-bond donors (Lipinski definition) is 0. The number of methoxy groups -OCH3 is 1. The van der Waals surface area contributed by atoms with Crippen LogP contribution in [-0.4, -0.2) is 43.3 Å². The number of nitrogens with zero attached hydrogens (tertiary/aromatic N) is 3. The molecule has 2 heterocycles. The van der Waals surface area contributed by atoms with Crippen LogP contribution >= 0.6 is 0 Å². The van der Waals surface area contributed by atoms with Crippen LogP contribution < -0.4 is 9.64 Å². The summed E-state index contributed by atoms with van der Waals surface area (Å²) >= 11 is 0. The second kappa shape index (κ2) is 7.80. The van der Waals surface area contributed by atoms with Gasteiger partial charge >= 0.3 is 0 Å². The lowest BCUT2D eigenvalue weighted by Gasteiger charge is -2.35. The van der Waals surface area contributed by atoms with Gasteiger partial charge in [0.15, 0.2) is 5.76 Å². The van der Waals surface area contributed by atoms with E-state index in [0.717, 1.165) is 48.9 Å². The highest BCUT2D eigenvalue weighted by Crippen LogP contribution is 2.29. The summed E-state index contributed by atoms with van der Waals surface area (Å²) in [5.41, 5.74) is 2.36. The number of anilines is 1. The topological polar surface area (TPSA) is 41.7 Å². The average molecular weight is 367 g/mol. The van der Waals surface area contributed by atoms with E-state index in [-0.39, 0.29) is 5.82 Å². The lowest BCUT2D eigenvalue weighted by Crippen LogP contribution is -2.46. The van der Waals surface area contributed by atoms with Crippen molar-refractivity contribution in [2.45, 2.75) is 6.54 Å². The maximum atomic E-state index is 14.0. The molecule has 3 aromatic rings. The van der Waals surface area contributed by atoms with Crippen molar-refractivity contribution >= 4 is 5.69 Å². The molecule has 5 nitrogen and oxygen atoms in total. The largest absolute Gasteiger partial charge is 0.496 e. The van der Waals surface area contributed by atoms with E-state index < -0.39 is 0 Å². The molecule has 0 radical (unpaired) electrons. The van der Waals surface area contributed by atoms with E-state index in [1.807, 2.05) is 42.5 Å². The fraction of sp³-hybridized carbons (Fsp3) is 0.286. The van der Waals surface area contributed by atoms with E-state index in [9.17, 15) is 4.39 Å². The summed E-state index contributed by atoms with van der Waals surface area (Å²) in [6.45, 7) is 3.95. The van der Waals surface area contributed by atoms with E-state index in [1.54, 1.807) is 13.2 Å². The van der Waals surface area contributed by atoms with Gasteiger partial charge in [-0.25, -0.2) is 4.39 Å². The van der Waals surface area contributed by atoms with Gasteiger partial charge < -0.3 is 14.2 Å². The van der Waals surface area contributed by atoms with Gasteiger partial charge in [-0.1, -0.05) is 29.4 Å². The van der Waals surface area contributed by atoms with Gasteiger partial charge in [0, 0.05) is 37.8 Å². The molecule has 0 amide bonds. The standard InChI is InChI=1S/C21H22FN3O2/c1-26-21-9-5-2-6-17(21)19-14-16(27-23-19)15-24-10-12-25(13-11-24)20-8-4-3-7-18(20)22/h2-9,14H,10-13,15H2,1H3. The minimum absolute atomic E-state index is 0.164. The fourth-order valence-electron chi connectivity index (χ4n) is 3.45. The average Bonchev–Trinajstić information content (AvgIpc) is 3.17. The Hall–Kier alpha value is -2.86.